The molecule has 1 aromatic carbocycles. The van der Waals surface area contributed by atoms with Crippen molar-refractivity contribution in [2.75, 3.05) is 11.9 Å². The van der Waals surface area contributed by atoms with Crippen LogP contribution in [0.3, 0.4) is 0 Å². The lowest BCUT2D eigenvalue weighted by molar-refractivity contribution is -0.133. The highest BCUT2D eigenvalue weighted by atomic mass is 16.2. The van der Waals surface area contributed by atoms with E-state index in [2.05, 4.69) is 15.4 Å². The van der Waals surface area contributed by atoms with Crippen LogP contribution in [0.2, 0.25) is 0 Å². The summed E-state index contributed by atoms with van der Waals surface area (Å²) in [5.74, 6) is 0.00150. The summed E-state index contributed by atoms with van der Waals surface area (Å²) in [5.41, 5.74) is 3.71. The number of hydrogen-bond donors (Lipinski definition) is 1. The third kappa shape index (κ3) is 3.60. The number of aromatic nitrogens is 3. The first-order valence-electron chi connectivity index (χ1n) is 9.49. The number of hydrogen-bond acceptors (Lipinski definition) is 4. The van der Waals surface area contributed by atoms with Crippen molar-refractivity contribution >= 4 is 28.5 Å². The third-order valence-electron chi connectivity index (χ3n) is 5.06. The Balaban J connectivity index is 1.55. The fourth-order valence-corrected chi connectivity index (χ4v) is 3.62. The van der Waals surface area contributed by atoms with E-state index in [4.69, 9.17) is 0 Å². The van der Waals surface area contributed by atoms with Gasteiger partial charge in [0.2, 0.25) is 5.91 Å². The summed E-state index contributed by atoms with van der Waals surface area (Å²) < 4.78 is 1.66. The molecule has 1 aliphatic heterocycles. The van der Waals surface area contributed by atoms with Gasteiger partial charge in [-0.3, -0.25) is 14.3 Å². The molecule has 144 valence electrons. The minimum absolute atomic E-state index is 0.199. The van der Waals surface area contributed by atoms with E-state index in [1.807, 2.05) is 43.1 Å². The molecular formula is C21H23N5O2. The van der Waals surface area contributed by atoms with Crippen LogP contribution in [0.4, 0.5) is 5.69 Å². The average Bonchev–Trinajstić information content (AvgIpc) is 3.04. The topological polar surface area (TPSA) is 80.1 Å². The van der Waals surface area contributed by atoms with E-state index >= 15 is 0 Å². The number of rotatable bonds is 4. The Bertz CT molecular complexity index is 1060. The Morgan fingerprint density at radius 1 is 1.25 bits per heavy atom. The van der Waals surface area contributed by atoms with Gasteiger partial charge in [-0.1, -0.05) is 12.1 Å². The molecule has 7 nitrogen and oxygen atoms in total. The molecule has 1 aliphatic rings. The number of aryl methyl sites for hydroxylation is 2. The number of benzene rings is 1. The number of anilines is 1. The Morgan fingerprint density at radius 3 is 2.93 bits per heavy atom. The van der Waals surface area contributed by atoms with Crippen molar-refractivity contribution in [1.82, 2.24) is 19.7 Å². The van der Waals surface area contributed by atoms with E-state index in [0.29, 0.717) is 29.9 Å². The summed E-state index contributed by atoms with van der Waals surface area (Å²) in [6.45, 7) is 3.23. The van der Waals surface area contributed by atoms with E-state index in [0.717, 1.165) is 36.0 Å². The number of carbonyl (C=O) groups is 2. The van der Waals surface area contributed by atoms with Gasteiger partial charge in [-0.05, 0) is 43.5 Å². The molecule has 0 radical (unpaired) electrons. The Hall–Kier alpha value is -3.22. The number of nitrogens with one attached hydrogen (secondary N) is 1. The van der Waals surface area contributed by atoms with Gasteiger partial charge in [-0.25, -0.2) is 4.98 Å². The summed E-state index contributed by atoms with van der Waals surface area (Å²) >= 11 is 0. The van der Waals surface area contributed by atoms with Crippen molar-refractivity contribution in [2.24, 2.45) is 7.05 Å². The molecule has 1 fully saturated rings. The monoisotopic (exact) mass is 377 g/mol. The van der Waals surface area contributed by atoms with Gasteiger partial charge in [0.05, 0.1) is 17.1 Å². The van der Waals surface area contributed by atoms with Crippen molar-refractivity contribution < 1.29 is 9.59 Å². The van der Waals surface area contributed by atoms with E-state index in [9.17, 15) is 9.59 Å². The summed E-state index contributed by atoms with van der Waals surface area (Å²) in [4.78, 5) is 31.3. The van der Waals surface area contributed by atoms with Gasteiger partial charge in [0.15, 0.2) is 5.65 Å². The van der Waals surface area contributed by atoms with Crippen molar-refractivity contribution in [3.63, 3.8) is 0 Å². The first-order valence-corrected chi connectivity index (χ1v) is 9.49. The third-order valence-corrected chi connectivity index (χ3v) is 5.06. The lowest BCUT2D eigenvalue weighted by atomic mass is 10.1. The minimum atomic E-state index is -0.199. The van der Waals surface area contributed by atoms with Crippen LogP contribution in [0.15, 0.2) is 36.5 Å². The molecule has 1 saturated heterocycles. The fourth-order valence-electron chi connectivity index (χ4n) is 3.62. The Kier molecular flexibility index (Phi) is 4.81. The van der Waals surface area contributed by atoms with Gasteiger partial charge < -0.3 is 10.2 Å². The van der Waals surface area contributed by atoms with Crippen molar-refractivity contribution in [3.8, 4) is 0 Å². The second kappa shape index (κ2) is 7.42. The van der Waals surface area contributed by atoms with Gasteiger partial charge in [0, 0.05) is 37.9 Å². The molecule has 3 heterocycles. The first kappa shape index (κ1) is 18.2. The zero-order valence-electron chi connectivity index (χ0n) is 16.1. The molecule has 2 aromatic heterocycles. The van der Waals surface area contributed by atoms with Crippen LogP contribution in [0.5, 0.6) is 0 Å². The highest BCUT2D eigenvalue weighted by Crippen LogP contribution is 2.21. The number of pyridine rings is 1. The SMILES string of the molecule is Cc1cc(C(=O)Nc2cccc(CN3CCCCC3=O)c2)c2cnn(C)c2n1. The standard InChI is InChI=1S/C21H23N5O2/c1-14-10-17(18-12-22-25(2)20(18)23-14)21(28)24-16-7-5-6-15(11-16)13-26-9-4-3-8-19(26)27/h5-7,10-12H,3-4,8-9,13H2,1-2H3,(H,24,28). The van der Waals surface area contributed by atoms with Crippen molar-refractivity contribution in [2.45, 2.75) is 32.7 Å². The Labute approximate surface area is 163 Å². The number of likely N-dealkylation sites (tertiary alicyclic amines) is 1. The van der Waals surface area contributed by atoms with Gasteiger partial charge in [0.25, 0.3) is 5.91 Å². The molecule has 3 aromatic rings. The molecule has 1 N–H and O–H groups in total. The summed E-state index contributed by atoms with van der Waals surface area (Å²) in [6, 6.07) is 9.43. The first-order chi connectivity index (χ1) is 13.5. The number of carbonyl (C=O) groups excluding carboxylic acids is 2. The predicted octanol–water partition coefficient (Wildman–Crippen LogP) is 3.04. The van der Waals surface area contributed by atoms with Crippen molar-refractivity contribution in [1.29, 1.82) is 0 Å². The van der Waals surface area contributed by atoms with Crippen LogP contribution in [0.1, 0.15) is 40.9 Å². The number of piperidine rings is 1. The summed E-state index contributed by atoms with van der Waals surface area (Å²) in [6.07, 6.45) is 4.30. The van der Waals surface area contributed by atoms with Crippen LogP contribution in [0.25, 0.3) is 11.0 Å². The van der Waals surface area contributed by atoms with Gasteiger partial charge in [-0.2, -0.15) is 5.10 Å². The average molecular weight is 377 g/mol. The van der Waals surface area contributed by atoms with E-state index < -0.39 is 0 Å². The van der Waals surface area contributed by atoms with Crippen LogP contribution in [-0.4, -0.2) is 38.0 Å². The predicted molar refractivity (Wildman–Crippen MR) is 107 cm³/mol. The molecule has 0 aliphatic carbocycles. The highest BCUT2D eigenvalue weighted by molar-refractivity contribution is 6.12. The molecule has 0 saturated carbocycles. The van der Waals surface area contributed by atoms with Gasteiger partial charge in [0.1, 0.15) is 0 Å². The molecule has 0 unspecified atom stereocenters. The molecular weight excluding hydrogens is 354 g/mol. The minimum Gasteiger partial charge on any atom is -0.338 e. The largest absolute Gasteiger partial charge is 0.338 e. The zero-order valence-corrected chi connectivity index (χ0v) is 16.1. The molecule has 2 amide bonds. The molecule has 4 rings (SSSR count). The van der Waals surface area contributed by atoms with Crippen LogP contribution in [0, 0.1) is 6.92 Å². The fraction of sp³-hybridized carbons (Fsp3) is 0.333. The highest BCUT2D eigenvalue weighted by Gasteiger charge is 2.19. The van der Waals surface area contributed by atoms with Crippen molar-refractivity contribution in [3.05, 3.63) is 53.3 Å². The second-order valence-corrected chi connectivity index (χ2v) is 7.24. The molecule has 0 atom stereocenters. The normalized spacial score (nSPS) is 14.5. The smallest absolute Gasteiger partial charge is 0.256 e. The molecule has 0 spiro atoms. The molecule has 0 bridgehead atoms. The van der Waals surface area contributed by atoms with Gasteiger partial charge in [-0.15, -0.1) is 0 Å². The van der Waals surface area contributed by atoms with Crippen LogP contribution >= 0.6 is 0 Å². The van der Waals surface area contributed by atoms with Gasteiger partial charge >= 0.3 is 0 Å². The maximum atomic E-state index is 12.9. The van der Waals surface area contributed by atoms with Crippen LogP contribution in [-0.2, 0) is 18.4 Å². The number of nitrogens with zero attached hydrogens (tertiary/aromatic N) is 4. The van der Waals surface area contributed by atoms with E-state index in [-0.39, 0.29) is 11.8 Å². The number of fused-ring (bicyclic) bond motifs is 1. The number of amides is 2. The Morgan fingerprint density at radius 2 is 2.11 bits per heavy atom. The quantitative estimate of drug-likeness (QED) is 0.758. The van der Waals surface area contributed by atoms with E-state index in [1.54, 1.807) is 16.9 Å². The van der Waals surface area contributed by atoms with E-state index in [1.165, 1.54) is 0 Å². The molecule has 7 heteroatoms. The zero-order chi connectivity index (χ0) is 19.7. The summed E-state index contributed by atoms with van der Waals surface area (Å²) in [5, 5.41) is 7.90. The maximum absolute atomic E-state index is 12.9. The lowest BCUT2D eigenvalue weighted by Crippen LogP contribution is -2.34. The summed E-state index contributed by atoms with van der Waals surface area (Å²) in [7, 11) is 1.81. The van der Waals surface area contributed by atoms with Crippen LogP contribution < -0.4 is 5.32 Å². The second-order valence-electron chi connectivity index (χ2n) is 7.24. The lowest BCUT2D eigenvalue weighted by Gasteiger charge is -2.26. The maximum Gasteiger partial charge on any atom is 0.256 e. The molecule has 28 heavy (non-hydrogen) atoms.